The standard InChI is InChI=1S/C15H12Cl2N2O2S/c1-21-14(20)10-4-2-3-5-13(10)19-15(22)18-9-6-7-11(16)12(17)8-9/h2-8H,1H3,(H2,18,19,22). The smallest absolute Gasteiger partial charge is 0.339 e. The van der Waals surface area contributed by atoms with Crippen LogP contribution in [0.15, 0.2) is 42.5 Å². The first-order chi connectivity index (χ1) is 10.5. The molecule has 0 amide bonds. The Morgan fingerprint density at radius 1 is 1.09 bits per heavy atom. The zero-order valence-corrected chi connectivity index (χ0v) is 13.9. The third-order valence-corrected chi connectivity index (χ3v) is 3.70. The lowest BCUT2D eigenvalue weighted by Gasteiger charge is -2.13. The minimum Gasteiger partial charge on any atom is -0.465 e. The van der Waals surface area contributed by atoms with Crippen molar-refractivity contribution >= 4 is 57.9 Å². The fraction of sp³-hybridized carbons (Fsp3) is 0.0667. The fourth-order valence-corrected chi connectivity index (χ4v) is 2.26. The molecule has 7 heteroatoms. The molecular formula is C15H12Cl2N2O2S. The summed E-state index contributed by atoms with van der Waals surface area (Å²) in [5.41, 5.74) is 1.62. The number of halogens is 2. The van der Waals surface area contributed by atoms with Crippen LogP contribution in [0.3, 0.4) is 0 Å². The molecule has 4 nitrogen and oxygen atoms in total. The van der Waals surface area contributed by atoms with Gasteiger partial charge < -0.3 is 15.4 Å². The summed E-state index contributed by atoms with van der Waals surface area (Å²) in [5.74, 6) is -0.444. The number of carbonyl (C=O) groups is 1. The van der Waals surface area contributed by atoms with Gasteiger partial charge in [-0.15, -0.1) is 0 Å². The highest BCUT2D eigenvalue weighted by atomic mass is 35.5. The van der Waals surface area contributed by atoms with E-state index in [4.69, 9.17) is 40.2 Å². The highest BCUT2D eigenvalue weighted by molar-refractivity contribution is 7.80. The monoisotopic (exact) mass is 354 g/mol. The van der Waals surface area contributed by atoms with Gasteiger partial charge in [-0.25, -0.2) is 4.79 Å². The van der Waals surface area contributed by atoms with Gasteiger partial charge in [-0.3, -0.25) is 0 Å². The van der Waals surface area contributed by atoms with E-state index in [0.717, 1.165) is 0 Å². The normalized spacial score (nSPS) is 9.95. The molecule has 0 spiro atoms. The second-order valence-electron chi connectivity index (χ2n) is 4.25. The molecule has 2 aromatic carbocycles. The molecule has 0 fully saturated rings. The summed E-state index contributed by atoms with van der Waals surface area (Å²) in [6.07, 6.45) is 0. The van der Waals surface area contributed by atoms with E-state index in [1.54, 1.807) is 42.5 Å². The van der Waals surface area contributed by atoms with Crippen molar-refractivity contribution in [1.82, 2.24) is 0 Å². The van der Waals surface area contributed by atoms with Crippen LogP contribution < -0.4 is 10.6 Å². The average Bonchev–Trinajstić information content (AvgIpc) is 2.50. The molecule has 0 unspecified atom stereocenters. The van der Waals surface area contributed by atoms with E-state index < -0.39 is 5.97 Å². The van der Waals surface area contributed by atoms with Crippen LogP contribution in [0.2, 0.25) is 10.0 Å². The van der Waals surface area contributed by atoms with Crippen LogP contribution in [0, 0.1) is 0 Å². The Labute approximate surface area is 143 Å². The lowest BCUT2D eigenvalue weighted by molar-refractivity contribution is 0.0602. The molecule has 0 aromatic heterocycles. The molecular weight excluding hydrogens is 343 g/mol. The van der Waals surface area contributed by atoms with Gasteiger partial charge in [0.15, 0.2) is 5.11 Å². The Kier molecular flexibility index (Phi) is 5.60. The van der Waals surface area contributed by atoms with Crippen molar-refractivity contribution in [2.75, 3.05) is 17.7 Å². The number of nitrogens with one attached hydrogen (secondary N) is 2. The van der Waals surface area contributed by atoms with Crippen LogP contribution >= 0.6 is 35.4 Å². The van der Waals surface area contributed by atoms with Gasteiger partial charge in [-0.05, 0) is 42.5 Å². The second-order valence-corrected chi connectivity index (χ2v) is 5.47. The van der Waals surface area contributed by atoms with Crippen molar-refractivity contribution in [3.8, 4) is 0 Å². The minimum absolute atomic E-state index is 0.315. The molecule has 0 aliphatic heterocycles. The van der Waals surface area contributed by atoms with Crippen LogP contribution in [0.4, 0.5) is 11.4 Å². The Morgan fingerprint density at radius 3 is 2.50 bits per heavy atom. The van der Waals surface area contributed by atoms with Crippen molar-refractivity contribution in [1.29, 1.82) is 0 Å². The molecule has 0 aliphatic carbocycles. The molecule has 114 valence electrons. The van der Waals surface area contributed by atoms with Crippen LogP contribution in [0.1, 0.15) is 10.4 Å². The van der Waals surface area contributed by atoms with Crippen LogP contribution in [0.5, 0.6) is 0 Å². The highest BCUT2D eigenvalue weighted by Gasteiger charge is 2.12. The molecule has 2 rings (SSSR count). The summed E-state index contributed by atoms with van der Waals surface area (Å²) in [6, 6.07) is 12.0. The third-order valence-electron chi connectivity index (χ3n) is 2.76. The van der Waals surface area contributed by atoms with Crippen molar-refractivity contribution in [2.24, 2.45) is 0 Å². The van der Waals surface area contributed by atoms with E-state index in [1.165, 1.54) is 7.11 Å². The zero-order valence-electron chi connectivity index (χ0n) is 11.5. The summed E-state index contributed by atoms with van der Waals surface area (Å²) in [5, 5.41) is 7.12. The number of rotatable bonds is 3. The Bertz CT molecular complexity index is 722. The lowest BCUT2D eigenvalue weighted by atomic mass is 10.2. The first kappa shape index (κ1) is 16.5. The average molecular weight is 355 g/mol. The zero-order chi connectivity index (χ0) is 16.1. The minimum atomic E-state index is -0.444. The van der Waals surface area contributed by atoms with Gasteiger partial charge in [-0.1, -0.05) is 35.3 Å². The largest absolute Gasteiger partial charge is 0.465 e. The van der Waals surface area contributed by atoms with Crippen molar-refractivity contribution in [3.05, 3.63) is 58.1 Å². The predicted molar refractivity (Wildman–Crippen MR) is 94.1 cm³/mol. The van der Waals surface area contributed by atoms with E-state index in [9.17, 15) is 4.79 Å². The Hall–Kier alpha value is -1.82. The molecule has 0 heterocycles. The Balaban J connectivity index is 2.12. The molecule has 0 radical (unpaired) electrons. The number of carbonyl (C=O) groups excluding carboxylic acids is 1. The number of esters is 1. The van der Waals surface area contributed by atoms with Gasteiger partial charge in [0.2, 0.25) is 0 Å². The van der Waals surface area contributed by atoms with Crippen molar-refractivity contribution in [3.63, 3.8) is 0 Å². The number of hydrogen-bond acceptors (Lipinski definition) is 3. The van der Waals surface area contributed by atoms with Crippen LogP contribution in [-0.2, 0) is 4.74 Å². The Morgan fingerprint density at radius 2 is 1.82 bits per heavy atom. The van der Waals surface area contributed by atoms with E-state index in [-0.39, 0.29) is 0 Å². The van der Waals surface area contributed by atoms with Crippen LogP contribution in [-0.4, -0.2) is 18.2 Å². The number of hydrogen-bond donors (Lipinski definition) is 2. The maximum atomic E-state index is 11.7. The summed E-state index contributed by atoms with van der Waals surface area (Å²) >= 11 is 17.0. The molecule has 0 saturated carbocycles. The third kappa shape index (κ3) is 4.10. The van der Waals surface area contributed by atoms with Crippen molar-refractivity contribution < 1.29 is 9.53 Å². The first-order valence-corrected chi connectivity index (χ1v) is 7.38. The van der Waals surface area contributed by atoms with E-state index in [0.29, 0.717) is 32.1 Å². The SMILES string of the molecule is COC(=O)c1ccccc1NC(=S)Nc1ccc(Cl)c(Cl)c1. The molecule has 2 N–H and O–H groups in total. The fourth-order valence-electron chi connectivity index (χ4n) is 1.74. The predicted octanol–water partition coefficient (Wildman–Crippen LogP) is 4.59. The van der Waals surface area contributed by atoms with Gasteiger partial charge in [0.25, 0.3) is 0 Å². The topological polar surface area (TPSA) is 50.4 Å². The van der Waals surface area contributed by atoms with Gasteiger partial charge in [0.05, 0.1) is 28.4 Å². The molecule has 22 heavy (non-hydrogen) atoms. The molecule has 0 atom stereocenters. The summed E-state index contributed by atoms with van der Waals surface area (Å²) in [7, 11) is 1.32. The molecule has 0 saturated heterocycles. The summed E-state index contributed by atoms with van der Waals surface area (Å²) in [4.78, 5) is 11.7. The van der Waals surface area contributed by atoms with Gasteiger partial charge in [0.1, 0.15) is 0 Å². The number of benzene rings is 2. The van der Waals surface area contributed by atoms with E-state index >= 15 is 0 Å². The van der Waals surface area contributed by atoms with Gasteiger partial charge in [-0.2, -0.15) is 0 Å². The van der Waals surface area contributed by atoms with Crippen LogP contribution in [0.25, 0.3) is 0 Å². The van der Waals surface area contributed by atoms with E-state index in [1.807, 2.05) is 0 Å². The first-order valence-electron chi connectivity index (χ1n) is 6.21. The second kappa shape index (κ2) is 7.45. The van der Waals surface area contributed by atoms with E-state index in [2.05, 4.69) is 10.6 Å². The van der Waals surface area contributed by atoms with Gasteiger partial charge >= 0.3 is 5.97 Å². The molecule has 0 bridgehead atoms. The number of para-hydroxylation sites is 1. The highest BCUT2D eigenvalue weighted by Crippen LogP contribution is 2.25. The maximum absolute atomic E-state index is 11.7. The molecule has 2 aromatic rings. The van der Waals surface area contributed by atoms with Crippen molar-refractivity contribution in [2.45, 2.75) is 0 Å². The quantitative estimate of drug-likeness (QED) is 0.623. The maximum Gasteiger partial charge on any atom is 0.339 e. The lowest BCUT2D eigenvalue weighted by Crippen LogP contribution is -2.20. The number of ether oxygens (including phenoxy) is 1. The van der Waals surface area contributed by atoms with Gasteiger partial charge in [0, 0.05) is 5.69 Å². The number of anilines is 2. The summed E-state index contributed by atoms with van der Waals surface area (Å²) < 4.78 is 4.73. The number of thiocarbonyl (C=S) groups is 1. The molecule has 0 aliphatic rings. The summed E-state index contributed by atoms with van der Waals surface area (Å²) in [6.45, 7) is 0. The number of methoxy groups -OCH3 is 1.